The third-order valence-electron chi connectivity index (χ3n) is 2.42. The van der Waals surface area contributed by atoms with Crippen LogP contribution in [-0.4, -0.2) is 6.10 Å². The van der Waals surface area contributed by atoms with Crippen LogP contribution in [-0.2, 0) is 0 Å². The molecule has 2 N–H and O–H groups in total. The first-order chi connectivity index (χ1) is 7.40. The molecule has 0 aliphatic carbocycles. The Balaban J connectivity index is 2.77. The van der Waals surface area contributed by atoms with Crippen molar-refractivity contribution in [2.75, 3.05) is 5.73 Å². The molecule has 0 aliphatic heterocycles. The second-order valence-electron chi connectivity index (χ2n) is 4.70. The fourth-order valence-electron chi connectivity index (χ4n) is 1.70. The molecular formula is C13H20FNO. The van der Waals surface area contributed by atoms with Crippen LogP contribution in [0.1, 0.15) is 32.8 Å². The summed E-state index contributed by atoms with van der Waals surface area (Å²) in [5.41, 5.74) is 6.62. The van der Waals surface area contributed by atoms with Crippen LogP contribution in [0.25, 0.3) is 0 Å². The Morgan fingerprint density at radius 3 is 2.50 bits per heavy atom. The number of nitrogens with two attached hydrogens (primary N) is 1. The number of aryl methyl sites for hydroxylation is 1. The van der Waals surface area contributed by atoms with Gasteiger partial charge in [0, 0.05) is 6.07 Å². The molecule has 1 rings (SSSR count). The van der Waals surface area contributed by atoms with Crippen molar-refractivity contribution in [3.63, 3.8) is 0 Å². The van der Waals surface area contributed by atoms with Gasteiger partial charge < -0.3 is 10.5 Å². The van der Waals surface area contributed by atoms with E-state index in [0.717, 1.165) is 6.42 Å². The Morgan fingerprint density at radius 2 is 1.94 bits per heavy atom. The van der Waals surface area contributed by atoms with Crippen molar-refractivity contribution in [2.45, 2.75) is 40.2 Å². The zero-order valence-electron chi connectivity index (χ0n) is 10.4. The van der Waals surface area contributed by atoms with Crippen LogP contribution in [0.15, 0.2) is 12.1 Å². The van der Waals surface area contributed by atoms with Gasteiger partial charge in [-0.1, -0.05) is 13.8 Å². The molecule has 0 aliphatic rings. The van der Waals surface area contributed by atoms with Crippen LogP contribution in [0.5, 0.6) is 5.75 Å². The molecule has 1 atom stereocenters. The van der Waals surface area contributed by atoms with Crippen LogP contribution in [0.4, 0.5) is 10.1 Å². The predicted octanol–water partition coefficient (Wildman–Crippen LogP) is 3.53. The van der Waals surface area contributed by atoms with Crippen molar-refractivity contribution in [3.05, 3.63) is 23.5 Å². The molecular weight excluding hydrogens is 205 g/mol. The molecule has 1 aromatic rings. The maximum absolute atomic E-state index is 13.2. The van der Waals surface area contributed by atoms with Crippen molar-refractivity contribution < 1.29 is 9.13 Å². The van der Waals surface area contributed by atoms with E-state index in [1.165, 1.54) is 6.07 Å². The van der Waals surface area contributed by atoms with E-state index in [-0.39, 0.29) is 11.9 Å². The standard InChI is InChI=1S/C13H20FNO/c1-8(2)5-10(4)16-13-6-9(3)11(14)7-12(13)15/h6-8,10H,5,15H2,1-4H3. The third-order valence-corrected chi connectivity index (χ3v) is 2.42. The summed E-state index contributed by atoms with van der Waals surface area (Å²) in [5.74, 6) is 0.853. The van der Waals surface area contributed by atoms with Crippen LogP contribution >= 0.6 is 0 Å². The number of anilines is 1. The van der Waals surface area contributed by atoms with Crippen LogP contribution in [0.2, 0.25) is 0 Å². The molecule has 0 saturated heterocycles. The van der Waals surface area contributed by atoms with E-state index in [2.05, 4.69) is 13.8 Å². The van der Waals surface area contributed by atoms with Gasteiger partial charge >= 0.3 is 0 Å². The number of halogens is 1. The van der Waals surface area contributed by atoms with E-state index in [9.17, 15) is 4.39 Å². The van der Waals surface area contributed by atoms with Crippen LogP contribution < -0.4 is 10.5 Å². The first-order valence-electron chi connectivity index (χ1n) is 5.62. The van der Waals surface area contributed by atoms with Crippen molar-refractivity contribution in [3.8, 4) is 5.75 Å². The lowest BCUT2D eigenvalue weighted by atomic mass is 10.1. The predicted molar refractivity (Wildman–Crippen MR) is 65.1 cm³/mol. The SMILES string of the molecule is Cc1cc(OC(C)CC(C)C)c(N)cc1F. The molecule has 3 heteroatoms. The molecule has 0 fully saturated rings. The van der Waals surface area contributed by atoms with Crippen molar-refractivity contribution >= 4 is 5.69 Å². The van der Waals surface area contributed by atoms with Gasteiger partial charge in [0.15, 0.2) is 0 Å². The molecule has 0 radical (unpaired) electrons. The first kappa shape index (κ1) is 12.8. The Kier molecular flexibility index (Phi) is 4.16. The van der Waals surface area contributed by atoms with Gasteiger partial charge in [-0.2, -0.15) is 0 Å². The number of hydrogen-bond donors (Lipinski definition) is 1. The van der Waals surface area contributed by atoms with Gasteiger partial charge in [0.05, 0.1) is 11.8 Å². The zero-order chi connectivity index (χ0) is 12.3. The molecule has 0 saturated carbocycles. The maximum Gasteiger partial charge on any atom is 0.143 e. The second kappa shape index (κ2) is 5.19. The van der Waals surface area contributed by atoms with Gasteiger partial charge in [-0.15, -0.1) is 0 Å². The second-order valence-corrected chi connectivity index (χ2v) is 4.70. The largest absolute Gasteiger partial charge is 0.489 e. The van der Waals surface area contributed by atoms with Gasteiger partial charge in [0.2, 0.25) is 0 Å². The number of rotatable bonds is 4. The Bertz CT molecular complexity index is 363. The normalized spacial score (nSPS) is 12.9. The molecule has 1 aromatic carbocycles. The minimum Gasteiger partial charge on any atom is -0.489 e. The number of ether oxygens (including phenoxy) is 1. The summed E-state index contributed by atoms with van der Waals surface area (Å²) in [4.78, 5) is 0. The fraction of sp³-hybridized carbons (Fsp3) is 0.538. The van der Waals surface area contributed by atoms with E-state index < -0.39 is 0 Å². The Morgan fingerprint density at radius 1 is 1.31 bits per heavy atom. The Labute approximate surface area is 96.6 Å². The monoisotopic (exact) mass is 225 g/mol. The average molecular weight is 225 g/mol. The highest BCUT2D eigenvalue weighted by Crippen LogP contribution is 2.26. The summed E-state index contributed by atoms with van der Waals surface area (Å²) in [6, 6.07) is 2.97. The minimum atomic E-state index is -0.290. The summed E-state index contributed by atoms with van der Waals surface area (Å²) < 4.78 is 18.9. The van der Waals surface area contributed by atoms with Crippen LogP contribution in [0, 0.1) is 18.7 Å². The van der Waals surface area contributed by atoms with Gasteiger partial charge in [0.25, 0.3) is 0 Å². The molecule has 0 aromatic heterocycles. The summed E-state index contributed by atoms with van der Waals surface area (Å²) in [6.45, 7) is 7.98. The fourth-order valence-corrected chi connectivity index (χ4v) is 1.70. The van der Waals surface area contributed by atoms with Gasteiger partial charge in [-0.25, -0.2) is 4.39 Å². The number of hydrogen-bond acceptors (Lipinski definition) is 2. The lowest BCUT2D eigenvalue weighted by molar-refractivity contribution is 0.194. The highest BCUT2D eigenvalue weighted by atomic mass is 19.1. The van der Waals surface area contributed by atoms with Gasteiger partial charge in [-0.05, 0) is 37.8 Å². The van der Waals surface area contributed by atoms with Gasteiger partial charge in [-0.3, -0.25) is 0 Å². The maximum atomic E-state index is 13.2. The van der Waals surface area contributed by atoms with E-state index >= 15 is 0 Å². The smallest absolute Gasteiger partial charge is 0.143 e. The summed E-state index contributed by atoms with van der Waals surface area (Å²) in [7, 11) is 0. The molecule has 0 spiro atoms. The minimum absolute atomic E-state index is 0.0900. The van der Waals surface area contributed by atoms with Crippen molar-refractivity contribution in [1.29, 1.82) is 0 Å². The van der Waals surface area contributed by atoms with Crippen molar-refractivity contribution in [1.82, 2.24) is 0 Å². The lowest BCUT2D eigenvalue weighted by Gasteiger charge is -2.18. The van der Waals surface area contributed by atoms with Gasteiger partial charge in [0.1, 0.15) is 11.6 Å². The number of nitrogen functional groups attached to an aromatic ring is 1. The number of benzene rings is 1. The topological polar surface area (TPSA) is 35.2 Å². The van der Waals surface area contributed by atoms with Crippen molar-refractivity contribution in [2.24, 2.45) is 5.92 Å². The molecule has 0 heterocycles. The highest BCUT2D eigenvalue weighted by Gasteiger charge is 2.11. The molecule has 0 bridgehead atoms. The molecule has 16 heavy (non-hydrogen) atoms. The molecule has 90 valence electrons. The average Bonchev–Trinajstić information content (AvgIpc) is 2.12. The van der Waals surface area contributed by atoms with Crippen LogP contribution in [0.3, 0.4) is 0 Å². The summed E-state index contributed by atoms with van der Waals surface area (Å²) in [5, 5.41) is 0. The first-order valence-corrected chi connectivity index (χ1v) is 5.62. The van der Waals surface area contributed by atoms with E-state index in [1.807, 2.05) is 6.92 Å². The Hall–Kier alpha value is -1.25. The van der Waals surface area contributed by atoms with E-state index in [4.69, 9.17) is 10.5 Å². The molecule has 2 nitrogen and oxygen atoms in total. The lowest BCUT2D eigenvalue weighted by Crippen LogP contribution is -2.15. The van der Waals surface area contributed by atoms with E-state index in [0.29, 0.717) is 22.9 Å². The molecule has 0 amide bonds. The quantitative estimate of drug-likeness (QED) is 0.795. The summed E-state index contributed by atoms with van der Waals surface area (Å²) in [6.07, 6.45) is 1.04. The summed E-state index contributed by atoms with van der Waals surface area (Å²) >= 11 is 0. The zero-order valence-corrected chi connectivity index (χ0v) is 10.4. The third kappa shape index (κ3) is 3.40. The molecule has 1 unspecified atom stereocenters. The van der Waals surface area contributed by atoms with E-state index in [1.54, 1.807) is 13.0 Å². The highest BCUT2D eigenvalue weighted by molar-refractivity contribution is 5.54.